The molecule has 1 fully saturated rings. The van der Waals surface area contributed by atoms with Gasteiger partial charge in [0.25, 0.3) is 0 Å². The Balaban J connectivity index is 2.08. The molecule has 94 valence electrons. The smallest absolute Gasteiger partial charge is 0.223 e. The van der Waals surface area contributed by atoms with Crippen LogP contribution in [0.2, 0.25) is 5.15 Å². The number of nitrogens with one attached hydrogen (secondary N) is 1. The average molecular weight is 258 g/mol. The molecule has 7 heteroatoms. The molecule has 0 amide bonds. The first kappa shape index (κ1) is 12.2. The van der Waals surface area contributed by atoms with E-state index in [9.17, 15) is 5.11 Å². The number of nitrogen functional groups attached to an aromatic ring is 2. The van der Waals surface area contributed by atoms with Crippen molar-refractivity contribution in [2.45, 2.75) is 37.8 Å². The van der Waals surface area contributed by atoms with E-state index in [1.165, 1.54) is 0 Å². The van der Waals surface area contributed by atoms with E-state index in [1.807, 2.05) is 0 Å². The largest absolute Gasteiger partial charge is 0.393 e. The van der Waals surface area contributed by atoms with Gasteiger partial charge in [0.1, 0.15) is 5.69 Å². The van der Waals surface area contributed by atoms with Crippen molar-refractivity contribution >= 4 is 29.1 Å². The molecule has 0 aromatic carbocycles. The van der Waals surface area contributed by atoms with Gasteiger partial charge in [-0.05, 0) is 25.7 Å². The van der Waals surface area contributed by atoms with E-state index in [0.29, 0.717) is 11.5 Å². The summed E-state index contributed by atoms with van der Waals surface area (Å²) >= 11 is 5.82. The van der Waals surface area contributed by atoms with Crippen LogP contribution in [0.4, 0.5) is 17.5 Å². The standard InChI is InChI=1S/C10H16ClN5O/c11-8-7(12)9(16-10(13)15-8)14-5-1-3-6(17)4-2-5/h5-6,17H,1-4,12H2,(H3,13,14,15,16)/t5-,6-. The number of aliphatic hydroxyl groups is 1. The van der Waals surface area contributed by atoms with E-state index in [2.05, 4.69) is 15.3 Å². The third-order valence-corrected chi connectivity index (χ3v) is 3.24. The van der Waals surface area contributed by atoms with Gasteiger partial charge in [0.2, 0.25) is 5.95 Å². The Morgan fingerprint density at radius 3 is 2.47 bits per heavy atom. The molecule has 0 radical (unpaired) electrons. The molecular weight excluding hydrogens is 242 g/mol. The number of aromatic nitrogens is 2. The van der Waals surface area contributed by atoms with Crippen LogP contribution in [0.15, 0.2) is 0 Å². The van der Waals surface area contributed by atoms with Gasteiger partial charge in [0.15, 0.2) is 11.0 Å². The van der Waals surface area contributed by atoms with Crippen molar-refractivity contribution in [2.24, 2.45) is 0 Å². The molecule has 0 unspecified atom stereocenters. The summed E-state index contributed by atoms with van der Waals surface area (Å²) in [5, 5.41) is 12.8. The van der Waals surface area contributed by atoms with Crippen molar-refractivity contribution in [1.82, 2.24) is 9.97 Å². The Morgan fingerprint density at radius 2 is 1.82 bits per heavy atom. The van der Waals surface area contributed by atoms with Gasteiger partial charge < -0.3 is 21.9 Å². The zero-order valence-corrected chi connectivity index (χ0v) is 10.1. The summed E-state index contributed by atoms with van der Waals surface area (Å²) in [6, 6.07) is 0.242. The highest BCUT2D eigenvalue weighted by Gasteiger charge is 2.21. The number of nitrogens with two attached hydrogens (primary N) is 2. The molecule has 1 aliphatic rings. The molecule has 0 spiro atoms. The van der Waals surface area contributed by atoms with E-state index >= 15 is 0 Å². The predicted octanol–water partition coefficient (Wildman–Crippen LogP) is 1.01. The van der Waals surface area contributed by atoms with Crippen molar-refractivity contribution in [1.29, 1.82) is 0 Å². The third-order valence-electron chi connectivity index (χ3n) is 2.95. The monoisotopic (exact) mass is 257 g/mol. The molecular formula is C10H16ClN5O. The van der Waals surface area contributed by atoms with Crippen molar-refractivity contribution in [2.75, 3.05) is 16.8 Å². The van der Waals surface area contributed by atoms with Crippen LogP contribution >= 0.6 is 11.6 Å². The van der Waals surface area contributed by atoms with Crippen molar-refractivity contribution in [3.63, 3.8) is 0 Å². The molecule has 2 rings (SSSR count). The first-order valence-corrected chi connectivity index (χ1v) is 5.97. The lowest BCUT2D eigenvalue weighted by atomic mass is 9.93. The molecule has 1 aromatic rings. The summed E-state index contributed by atoms with van der Waals surface area (Å²) < 4.78 is 0. The molecule has 0 atom stereocenters. The molecule has 1 aromatic heterocycles. The van der Waals surface area contributed by atoms with Crippen molar-refractivity contribution in [3.05, 3.63) is 5.15 Å². The molecule has 1 aliphatic carbocycles. The van der Waals surface area contributed by atoms with Gasteiger partial charge in [0.05, 0.1) is 6.10 Å². The summed E-state index contributed by atoms with van der Waals surface area (Å²) in [6.45, 7) is 0. The van der Waals surface area contributed by atoms with E-state index in [0.717, 1.165) is 25.7 Å². The topological polar surface area (TPSA) is 110 Å². The summed E-state index contributed by atoms with van der Waals surface area (Å²) in [7, 11) is 0. The quantitative estimate of drug-likeness (QED) is 0.589. The molecule has 0 saturated heterocycles. The normalized spacial score (nSPS) is 24.6. The summed E-state index contributed by atoms with van der Waals surface area (Å²) in [4.78, 5) is 7.80. The fourth-order valence-corrected chi connectivity index (χ4v) is 2.16. The SMILES string of the molecule is Nc1nc(Cl)c(N)c(N[C@H]2CC[C@H](O)CC2)n1. The minimum Gasteiger partial charge on any atom is -0.393 e. The highest BCUT2D eigenvalue weighted by molar-refractivity contribution is 6.32. The highest BCUT2D eigenvalue weighted by Crippen LogP contribution is 2.28. The maximum atomic E-state index is 9.42. The van der Waals surface area contributed by atoms with Gasteiger partial charge in [-0.15, -0.1) is 0 Å². The van der Waals surface area contributed by atoms with E-state index < -0.39 is 0 Å². The zero-order valence-electron chi connectivity index (χ0n) is 9.36. The Hall–Kier alpha value is -1.27. The molecule has 6 nitrogen and oxygen atoms in total. The minimum absolute atomic E-state index is 0.0996. The first-order chi connectivity index (χ1) is 8.06. The van der Waals surface area contributed by atoms with Crippen LogP contribution in [0.5, 0.6) is 0 Å². The Morgan fingerprint density at radius 1 is 1.18 bits per heavy atom. The first-order valence-electron chi connectivity index (χ1n) is 5.59. The maximum absolute atomic E-state index is 9.42. The molecule has 0 bridgehead atoms. The van der Waals surface area contributed by atoms with Crippen LogP contribution in [-0.4, -0.2) is 27.2 Å². The van der Waals surface area contributed by atoms with Gasteiger partial charge in [-0.25, -0.2) is 0 Å². The molecule has 1 heterocycles. The number of anilines is 3. The molecule has 17 heavy (non-hydrogen) atoms. The maximum Gasteiger partial charge on any atom is 0.223 e. The van der Waals surface area contributed by atoms with E-state index in [4.69, 9.17) is 23.1 Å². The number of hydrogen-bond acceptors (Lipinski definition) is 6. The molecule has 6 N–H and O–H groups in total. The second-order valence-electron chi connectivity index (χ2n) is 4.28. The minimum atomic E-state index is -0.190. The van der Waals surface area contributed by atoms with Crippen LogP contribution in [0.25, 0.3) is 0 Å². The number of rotatable bonds is 2. The fraction of sp³-hybridized carbons (Fsp3) is 0.600. The second kappa shape index (κ2) is 4.93. The lowest BCUT2D eigenvalue weighted by Crippen LogP contribution is -2.29. The Labute approximate surface area is 104 Å². The van der Waals surface area contributed by atoms with Crippen LogP contribution in [0, 0.1) is 0 Å². The van der Waals surface area contributed by atoms with Crippen LogP contribution in [-0.2, 0) is 0 Å². The average Bonchev–Trinajstić information content (AvgIpc) is 2.28. The zero-order chi connectivity index (χ0) is 12.4. The summed E-state index contributed by atoms with van der Waals surface area (Å²) in [5.74, 6) is 0.575. The summed E-state index contributed by atoms with van der Waals surface area (Å²) in [6.07, 6.45) is 3.13. The number of nitrogens with zero attached hydrogens (tertiary/aromatic N) is 2. The lowest BCUT2D eigenvalue weighted by molar-refractivity contribution is 0.126. The molecule has 1 saturated carbocycles. The van der Waals surface area contributed by atoms with Gasteiger partial charge in [0, 0.05) is 6.04 Å². The van der Waals surface area contributed by atoms with Crippen molar-refractivity contribution in [3.8, 4) is 0 Å². The Kier molecular flexibility index (Phi) is 3.54. The van der Waals surface area contributed by atoms with Crippen molar-refractivity contribution < 1.29 is 5.11 Å². The van der Waals surface area contributed by atoms with Crippen LogP contribution in [0.3, 0.4) is 0 Å². The molecule has 0 aliphatic heterocycles. The number of halogens is 1. The number of hydrogen-bond donors (Lipinski definition) is 4. The van der Waals surface area contributed by atoms with Gasteiger partial charge >= 0.3 is 0 Å². The fourth-order valence-electron chi connectivity index (χ4n) is 1.98. The predicted molar refractivity (Wildman–Crippen MR) is 67.8 cm³/mol. The summed E-state index contributed by atoms with van der Waals surface area (Å²) in [5.41, 5.74) is 11.6. The lowest BCUT2D eigenvalue weighted by Gasteiger charge is -2.27. The van der Waals surface area contributed by atoms with Gasteiger partial charge in [-0.1, -0.05) is 11.6 Å². The van der Waals surface area contributed by atoms with Crippen LogP contribution in [0.1, 0.15) is 25.7 Å². The third kappa shape index (κ3) is 2.89. The highest BCUT2D eigenvalue weighted by atomic mass is 35.5. The van der Waals surface area contributed by atoms with E-state index in [-0.39, 0.29) is 23.2 Å². The van der Waals surface area contributed by atoms with Gasteiger partial charge in [-0.3, -0.25) is 0 Å². The van der Waals surface area contributed by atoms with Crippen LogP contribution < -0.4 is 16.8 Å². The number of aliphatic hydroxyl groups excluding tert-OH is 1. The second-order valence-corrected chi connectivity index (χ2v) is 4.64. The van der Waals surface area contributed by atoms with Gasteiger partial charge in [-0.2, -0.15) is 9.97 Å². The Bertz CT molecular complexity index is 406. The van der Waals surface area contributed by atoms with E-state index in [1.54, 1.807) is 0 Å².